The van der Waals surface area contributed by atoms with E-state index in [4.69, 9.17) is 4.74 Å². The highest BCUT2D eigenvalue weighted by Gasteiger charge is 2.09. The molecule has 0 saturated carbocycles. The molecule has 0 aliphatic rings. The lowest BCUT2D eigenvalue weighted by Crippen LogP contribution is -2.28. The first-order valence-corrected chi connectivity index (χ1v) is 10.1. The number of ketones is 1. The van der Waals surface area contributed by atoms with Gasteiger partial charge in [-0.15, -0.1) is 0 Å². The monoisotopic (exact) mass is 423 g/mol. The van der Waals surface area contributed by atoms with E-state index in [2.05, 4.69) is 15.3 Å². The first-order valence-electron chi connectivity index (χ1n) is 10.1. The van der Waals surface area contributed by atoms with Crippen LogP contribution in [0.25, 0.3) is 11.3 Å². The molecule has 0 aliphatic carbocycles. The minimum atomic E-state index is -0.269. The van der Waals surface area contributed by atoms with Crippen LogP contribution in [0.1, 0.15) is 21.6 Å². The molecule has 4 aromatic rings. The van der Waals surface area contributed by atoms with Crippen LogP contribution in [0.5, 0.6) is 5.75 Å². The van der Waals surface area contributed by atoms with Gasteiger partial charge in [-0.2, -0.15) is 0 Å². The van der Waals surface area contributed by atoms with Crippen molar-refractivity contribution in [3.05, 3.63) is 114 Å². The van der Waals surface area contributed by atoms with Crippen LogP contribution in [0.3, 0.4) is 0 Å². The van der Waals surface area contributed by atoms with Gasteiger partial charge in [0.2, 0.25) is 0 Å². The summed E-state index contributed by atoms with van der Waals surface area (Å²) < 4.78 is 5.53. The van der Waals surface area contributed by atoms with Crippen molar-refractivity contribution in [3.63, 3.8) is 0 Å². The van der Waals surface area contributed by atoms with E-state index >= 15 is 0 Å². The maximum Gasteiger partial charge on any atom is 0.258 e. The number of carbonyl (C=O) groups is 2. The number of rotatable bonds is 8. The van der Waals surface area contributed by atoms with E-state index in [9.17, 15) is 9.59 Å². The average Bonchev–Trinajstić information content (AvgIpc) is 2.87. The van der Waals surface area contributed by atoms with Gasteiger partial charge in [-0.1, -0.05) is 60.7 Å². The zero-order valence-electron chi connectivity index (χ0n) is 17.3. The number of amides is 1. The molecule has 3 aromatic carbocycles. The number of hydrogen-bond acceptors (Lipinski definition) is 5. The second-order valence-electron chi connectivity index (χ2n) is 7.05. The number of carbonyl (C=O) groups excluding carboxylic acids is 2. The minimum absolute atomic E-state index is 0.0605. The van der Waals surface area contributed by atoms with Gasteiger partial charge in [0.15, 0.2) is 12.4 Å². The van der Waals surface area contributed by atoms with Crippen molar-refractivity contribution >= 4 is 11.7 Å². The first kappa shape index (κ1) is 20.9. The predicted octanol–water partition coefficient (Wildman–Crippen LogP) is 4.07. The van der Waals surface area contributed by atoms with Crippen LogP contribution in [0.2, 0.25) is 0 Å². The van der Waals surface area contributed by atoms with E-state index in [0.717, 1.165) is 11.3 Å². The fraction of sp³-hybridized carbons (Fsp3) is 0.0769. The van der Waals surface area contributed by atoms with Crippen molar-refractivity contribution in [3.8, 4) is 17.0 Å². The largest absolute Gasteiger partial charge is 0.484 e. The number of ether oxygens (including phenoxy) is 1. The van der Waals surface area contributed by atoms with Crippen molar-refractivity contribution in [2.24, 2.45) is 0 Å². The molecule has 4 rings (SSSR count). The summed E-state index contributed by atoms with van der Waals surface area (Å²) in [5, 5.41) is 2.79. The molecule has 1 aromatic heterocycles. The second-order valence-corrected chi connectivity index (χ2v) is 7.05. The molecule has 1 heterocycles. The summed E-state index contributed by atoms with van der Waals surface area (Å²) in [6.45, 7) is 0.137. The molecule has 0 radical (unpaired) electrons. The van der Waals surface area contributed by atoms with Gasteiger partial charge in [-0.25, -0.2) is 9.97 Å². The summed E-state index contributed by atoms with van der Waals surface area (Å²) >= 11 is 0. The van der Waals surface area contributed by atoms with Crippen molar-refractivity contribution in [1.82, 2.24) is 15.3 Å². The Balaban J connectivity index is 1.28. The van der Waals surface area contributed by atoms with Crippen LogP contribution in [0, 0.1) is 0 Å². The quantitative estimate of drug-likeness (QED) is 0.432. The normalized spacial score (nSPS) is 10.4. The summed E-state index contributed by atoms with van der Waals surface area (Å²) in [5.41, 5.74) is 3.67. The van der Waals surface area contributed by atoms with Crippen molar-refractivity contribution in [2.75, 3.05) is 6.61 Å². The van der Waals surface area contributed by atoms with Gasteiger partial charge in [0.25, 0.3) is 5.91 Å². The number of nitrogens with zero attached hydrogens (tertiary/aromatic N) is 2. The lowest BCUT2D eigenvalue weighted by molar-refractivity contribution is -0.123. The third kappa shape index (κ3) is 5.43. The molecule has 1 amide bonds. The van der Waals surface area contributed by atoms with E-state index < -0.39 is 0 Å². The average molecular weight is 423 g/mol. The maximum absolute atomic E-state index is 12.4. The molecule has 32 heavy (non-hydrogen) atoms. The summed E-state index contributed by atoms with van der Waals surface area (Å²) in [4.78, 5) is 33.1. The third-order valence-electron chi connectivity index (χ3n) is 4.78. The number of nitrogens with one attached hydrogen (secondary N) is 1. The molecule has 0 aliphatic heterocycles. The molecule has 0 fully saturated rings. The van der Waals surface area contributed by atoms with Gasteiger partial charge >= 0.3 is 0 Å². The fourth-order valence-electron chi connectivity index (χ4n) is 3.11. The van der Waals surface area contributed by atoms with Gasteiger partial charge < -0.3 is 10.1 Å². The van der Waals surface area contributed by atoms with Crippen LogP contribution < -0.4 is 10.1 Å². The Morgan fingerprint density at radius 1 is 0.781 bits per heavy atom. The molecule has 0 saturated heterocycles. The van der Waals surface area contributed by atoms with E-state index in [1.165, 1.54) is 6.33 Å². The van der Waals surface area contributed by atoms with Crippen LogP contribution >= 0.6 is 0 Å². The standard InChI is InChI=1S/C26H21N3O3/c30-25(27-16-22-15-24(29-18-28-22)19-7-3-1-4-8-19)17-32-23-13-11-21(12-14-23)26(31)20-9-5-2-6-10-20/h1-15,18H,16-17H2,(H,27,30). The minimum Gasteiger partial charge on any atom is -0.484 e. The number of aromatic nitrogens is 2. The van der Waals surface area contributed by atoms with Crippen LogP contribution in [-0.4, -0.2) is 28.3 Å². The van der Waals surface area contributed by atoms with E-state index in [0.29, 0.717) is 22.6 Å². The van der Waals surface area contributed by atoms with Crippen LogP contribution in [-0.2, 0) is 11.3 Å². The van der Waals surface area contributed by atoms with Crippen molar-refractivity contribution in [2.45, 2.75) is 6.54 Å². The van der Waals surface area contributed by atoms with Crippen molar-refractivity contribution < 1.29 is 14.3 Å². The first-order chi connectivity index (χ1) is 15.7. The summed E-state index contributed by atoms with van der Waals surface area (Å²) in [7, 11) is 0. The molecule has 158 valence electrons. The zero-order valence-corrected chi connectivity index (χ0v) is 17.3. The second kappa shape index (κ2) is 10.1. The lowest BCUT2D eigenvalue weighted by Gasteiger charge is -2.09. The van der Waals surface area contributed by atoms with E-state index in [-0.39, 0.29) is 24.8 Å². The van der Waals surface area contributed by atoms with Crippen LogP contribution in [0.4, 0.5) is 0 Å². The Kier molecular flexibility index (Phi) is 6.63. The van der Waals surface area contributed by atoms with Gasteiger partial charge in [0, 0.05) is 16.7 Å². The van der Waals surface area contributed by atoms with E-state index in [1.54, 1.807) is 36.4 Å². The van der Waals surface area contributed by atoms with Gasteiger partial charge in [-0.3, -0.25) is 9.59 Å². The maximum atomic E-state index is 12.4. The molecule has 6 heteroatoms. The highest BCUT2D eigenvalue weighted by atomic mass is 16.5. The Hall–Kier alpha value is -4.32. The Bertz CT molecular complexity index is 1190. The number of benzene rings is 3. The molecule has 0 bridgehead atoms. The van der Waals surface area contributed by atoms with E-state index in [1.807, 2.05) is 54.6 Å². The SMILES string of the molecule is O=C(COc1ccc(C(=O)c2ccccc2)cc1)NCc1cc(-c2ccccc2)ncn1. The van der Waals surface area contributed by atoms with Gasteiger partial charge in [0.1, 0.15) is 12.1 Å². The highest BCUT2D eigenvalue weighted by molar-refractivity contribution is 6.08. The molecule has 6 nitrogen and oxygen atoms in total. The lowest BCUT2D eigenvalue weighted by atomic mass is 10.0. The zero-order chi connectivity index (χ0) is 22.2. The van der Waals surface area contributed by atoms with Crippen molar-refractivity contribution in [1.29, 1.82) is 0 Å². The molecular formula is C26H21N3O3. The topological polar surface area (TPSA) is 81.2 Å². The smallest absolute Gasteiger partial charge is 0.258 e. The summed E-state index contributed by atoms with van der Waals surface area (Å²) in [6, 6.07) is 27.4. The predicted molar refractivity (Wildman–Crippen MR) is 121 cm³/mol. The summed E-state index contributed by atoms with van der Waals surface area (Å²) in [5.74, 6) is 0.182. The Morgan fingerprint density at radius 3 is 2.16 bits per heavy atom. The third-order valence-corrected chi connectivity index (χ3v) is 4.78. The molecule has 0 spiro atoms. The fourth-order valence-corrected chi connectivity index (χ4v) is 3.11. The van der Waals surface area contributed by atoms with Gasteiger partial charge in [0.05, 0.1) is 17.9 Å². The Morgan fingerprint density at radius 2 is 1.44 bits per heavy atom. The number of hydrogen-bond donors (Lipinski definition) is 1. The van der Waals surface area contributed by atoms with Crippen LogP contribution in [0.15, 0.2) is 97.3 Å². The molecule has 0 unspecified atom stereocenters. The highest BCUT2D eigenvalue weighted by Crippen LogP contribution is 2.17. The van der Waals surface area contributed by atoms with Gasteiger partial charge in [-0.05, 0) is 30.3 Å². The molecule has 1 N–H and O–H groups in total. The molecular weight excluding hydrogens is 402 g/mol. The Labute approximate surface area is 185 Å². The summed E-state index contributed by atoms with van der Waals surface area (Å²) in [6.07, 6.45) is 1.48. The molecule has 0 atom stereocenters.